The van der Waals surface area contributed by atoms with Gasteiger partial charge in [0.25, 0.3) is 0 Å². The molecule has 1 aliphatic rings. The summed E-state index contributed by atoms with van der Waals surface area (Å²) in [5, 5.41) is 28.2. The molecule has 1 aliphatic heterocycles. The van der Waals surface area contributed by atoms with Crippen molar-refractivity contribution >= 4 is 29.3 Å². The molecule has 2 amide bonds. The van der Waals surface area contributed by atoms with Crippen molar-refractivity contribution in [3.8, 4) is 5.69 Å². The molecule has 0 unspecified atom stereocenters. The monoisotopic (exact) mass is 630 g/mol. The largest absolute Gasteiger partial charge is 0.392 e. The number of aliphatic hydroxyl groups excluding tert-OH is 1. The average Bonchev–Trinajstić information content (AvgIpc) is 3.54. The van der Waals surface area contributed by atoms with Crippen molar-refractivity contribution in [1.29, 1.82) is 0 Å². The summed E-state index contributed by atoms with van der Waals surface area (Å²) in [5.41, 5.74) is 4.17. The molecule has 2 heterocycles. The molecule has 5 rings (SSSR count). The molecule has 3 atom stereocenters. The van der Waals surface area contributed by atoms with Crippen LogP contribution in [0.3, 0.4) is 0 Å². The zero-order valence-corrected chi connectivity index (χ0v) is 26.0. The van der Waals surface area contributed by atoms with E-state index >= 15 is 0 Å². The van der Waals surface area contributed by atoms with Crippen molar-refractivity contribution in [3.05, 3.63) is 95.6 Å². The van der Waals surface area contributed by atoms with Gasteiger partial charge in [-0.15, -0.1) is 5.10 Å². The summed E-state index contributed by atoms with van der Waals surface area (Å²) in [6.07, 6.45) is 2.35. The summed E-state index contributed by atoms with van der Waals surface area (Å²) in [4.78, 5) is 23.6. The van der Waals surface area contributed by atoms with Gasteiger partial charge in [-0.2, -0.15) is 4.68 Å². The lowest BCUT2D eigenvalue weighted by molar-refractivity contribution is -0.245. The molecule has 3 N–H and O–H groups in total. The molecule has 1 saturated heterocycles. The van der Waals surface area contributed by atoms with Gasteiger partial charge >= 0.3 is 0 Å². The highest BCUT2D eigenvalue weighted by atomic mass is 32.2. The number of nitrogens with one attached hydrogen (secondary N) is 2. The SMILES string of the molecule is CC(=O)NCCCCCC(=O)Nc1cccc([C@H]2O[C@@H](CSc3nnnn3-c3ccccc3)C[C@@H](c3ccc(CO)cc3)O2)c1. The van der Waals surface area contributed by atoms with Crippen molar-refractivity contribution in [2.24, 2.45) is 0 Å². The topological polar surface area (TPSA) is 140 Å². The number of hydrogen-bond acceptors (Lipinski definition) is 9. The van der Waals surface area contributed by atoms with Crippen LogP contribution in [-0.2, 0) is 25.7 Å². The molecule has 1 aromatic heterocycles. The number of amides is 2. The van der Waals surface area contributed by atoms with Gasteiger partial charge in [-0.25, -0.2) is 0 Å². The minimum atomic E-state index is -0.664. The zero-order chi connectivity index (χ0) is 31.4. The van der Waals surface area contributed by atoms with Gasteiger partial charge < -0.3 is 25.2 Å². The van der Waals surface area contributed by atoms with Gasteiger partial charge in [0.1, 0.15) is 0 Å². The van der Waals surface area contributed by atoms with Gasteiger partial charge in [0.05, 0.1) is 24.5 Å². The maximum atomic E-state index is 12.6. The molecule has 4 aromatic rings. The highest BCUT2D eigenvalue weighted by Crippen LogP contribution is 2.40. The molecule has 0 radical (unpaired) electrons. The molecule has 0 spiro atoms. The first-order valence-electron chi connectivity index (χ1n) is 15.1. The molecule has 0 aliphatic carbocycles. The van der Waals surface area contributed by atoms with Gasteiger partial charge in [-0.1, -0.05) is 72.8 Å². The first-order chi connectivity index (χ1) is 22.0. The number of thioether (sulfide) groups is 1. The van der Waals surface area contributed by atoms with Crippen LogP contribution in [0.25, 0.3) is 5.69 Å². The first kappa shape index (κ1) is 32.3. The zero-order valence-electron chi connectivity index (χ0n) is 25.2. The van der Waals surface area contributed by atoms with E-state index in [0.717, 1.165) is 41.6 Å². The lowest BCUT2D eigenvalue weighted by Gasteiger charge is -2.36. The number of para-hydroxylation sites is 1. The number of nitrogens with zero attached hydrogens (tertiary/aromatic N) is 4. The Morgan fingerprint density at radius 3 is 2.58 bits per heavy atom. The standard InChI is InChI=1S/C33H38N6O5S/c1-23(41)34-18-7-3-6-13-31(42)35-27-10-8-9-26(19-27)32-43-29(20-30(44-32)25-16-14-24(21-40)15-17-25)22-45-33-36-37-38-39(33)28-11-4-2-5-12-28/h2,4-5,8-12,14-17,19,29-30,32,40H,3,6-7,13,18,20-22H2,1H3,(H,34,41)(H,35,42)/t29-,30+,32+/m1/s1. The number of anilines is 1. The second-order valence-electron chi connectivity index (χ2n) is 10.8. The summed E-state index contributed by atoms with van der Waals surface area (Å²) in [6, 6.07) is 25.0. The summed E-state index contributed by atoms with van der Waals surface area (Å²) in [6.45, 7) is 2.09. The Morgan fingerprint density at radius 2 is 1.80 bits per heavy atom. The second-order valence-corrected chi connectivity index (χ2v) is 11.8. The van der Waals surface area contributed by atoms with Crippen molar-refractivity contribution in [3.63, 3.8) is 0 Å². The van der Waals surface area contributed by atoms with Crippen LogP contribution in [0.2, 0.25) is 0 Å². The van der Waals surface area contributed by atoms with Gasteiger partial charge in [-0.05, 0) is 58.7 Å². The van der Waals surface area contributed by atoms with Crippen LogP contribution < -0.4 is 10.6 Å². The van der Waals surface area contributed by atoms with E-state index in [2.05, 4.69) is 26.2 Å². The Morgan fingerprint density at radius 1 is 0.978 bits per heavy atom. The molecule has 12 heteroatoms. The van der Waals surface area contributed by atoms with Crippen LogP contribution in [0, 0.1) is 0 Å². The maximum Gasteiger partial charge on any atom is 0.224 e. The number of aromatic nitrogens is 4. The minimum Gasteiger partial charge on any atom is -0.392 e. The Balaban J connectivity index is 1.25. The van der Waals surface area contributed by atoms with Gasteiger partial charge in [-0.3, -0.25) is 9.59 Å². The fourth-order valence-electron chi connectivity index (χ4n) is 5.03. The Bertz CT molecular complexity index is 1530. The van der Waals surface area contributed by atoms with E-state index < -0.39 is 6.29 Å². The highest BCUT2D eigenvalue weighted by molar-refractivity contribution is 7.99. The number of aliphatic hydroxyl groups is 1. The number of carbonyl (C=O) groups is 2. The van der Waals surface area contributed by atoms with E-state index in [1.807, 2.05) is 78.9 Å². The fourth-order valence-corrected chi connectivity index (χ4v) is 5.94. The van der Waals surface area contributed by atoms with Gasteiger partial charge in [0.15, 0.2) is 6.29 Å². The Labute approximate surface area is 266 Å². The summed E-state index contributed by atoms with van der Waals surface area (Å²) < 4.78 is 14.7. The Hall–Kier alpha value is -4.10. The Kier molecular flexibility index (Phi) is 11.7. The number of hydrogen-bond donors (Lipinski definition) is 3. The van der Waals surface area contributed by atoms with Crippen LogP contribution >= 0.6 is 11.8 Å². The molecule has 0 saturated carbocycles. The maximum absolute atomic E-state index is 12.6. The second kappa shape index (κ2) is 16.3. The predicted octanol–water partition coefficient (Wildman–Crippen LogP) is 5.13. The summed E-state index contributed by atoms with van der Waals surface area (Å²) in [5.74, 6) is 0.486. The van der Waals surface area contributed by atoms with Crippen LogP contribution in [0.5, 0.6) is 0 Å². The van der Waals surface area contributed by atoms with Gasteiger partial charge in [0, 0.05) is 43.3 Å². The molecular weight excluding hydrogens is 592 g/mol. The molecular formula is C33H38N6O5S. The van der Waals surface area contributed by atoms with Crippen molar-refractivity contribution < 1.29 is 24.2 Å². The minimum absolute atomic E-state index is 0.0253. The quantitative estimate of drug-likeness (QED) is 0.128. The third-order valence-corrected chi connectivity index (χ3v) is 8.40. The van der Waals surface area contributed by atoms with E-state index in [-0.39, 0.29) is 30.6 Å². The summed E-state index contributed by atoms with van der Waals surface area (Å²) in [7, 11) is 0. The molecule has 0 bridgehead atoms. The van der Waals surface area contributed by atoms with Crippen LogP contribution in [-0.4, -0.2) is 55.5 Å². The third-order valence-electron chi connectivity index (χ3n) is 7.35. The lowest BCUT2D eigenvalue weighted by atomic mass is 10.0. The molecule has 45 heavy (non-hydrogen) atoms. The molecule has 236 valence electrons. The number of tetrazole rings is 1. The highest BCUT2D eigenvalue weighted by Gasteiger charge is 2.33. The molecule has 11 nitrogen and oxygen atoms in total. The number of unbranched alkanes of at least 4 members (excludes halogenated alkanes) is 2. The summed E-state index contributed by atoms with van der Waals surface area (Å²) >= 11 is 1.52. The third kappa shape index (κ3) is 9.44. The number of carbonyl (C=O) groups excluding carboxylic acids is 2. The number of benzene rings is 3. The van der Waals surface area contributed by atoms with E-state index in [0.29, 0.717) is 36.0 Å². The number of rotatable bonds is 14. The van der Waals surface area contributed by atoms with Crippen molar-refractivity contribution in [1.82, 2.24) is 25.5 Å². The van der Waals surface area contributed by atoms with Crippen molar-refractivity contribution in [2.75, 3.05) is 17.6 Å². The van der Waals surface area contributed by atoms with E-state index in [1.165, 1.54) is 18.7 Å². The predicted molar refractivity (Wildman–Crippen MR) is 171 cm³/mol. The molecule has 3 aromatic carbocycles. The van der Waals surface area contributed by atoms with Crippen LogP contribution in [0.1, 0.15) is 68.1 Å². The average molecular weight is 631 g/mol. The smallest absolute Gasteiger partial charge is 0.224 e. The van der Waals surface area contributed by atoms with E-state index in [1.54, 1.807) is 4.68 Å². The normalized spacial score (nSPS) is 18.0. The van der Waals surface area contributed by atoms with Crippen LogP contribution in [0.4, 0.5) is 5.69 Å². The lowest BCUT2D eigenvalue weighted by Crippen LogP contribution is -2.31. The van der Waals surface area contributed by atoms with Crippen molar-refractivity contribution in [2.45, 2.75) is 69.3 Å². The van der Waals surface area contributed by atoms with E-state index in [4.69, 9.17) is 9.47 Å². The first-order valence-corrected chi connectivity index (χ1v) is 16.1. The molecule has 1 fully saturated rings. The van der Waals surface area contributed by atoms with Gasteiger partial charge in [0.2, 0.25) is 17.0 Å². The fraction of sp³-hybridized carbons (Fsp3) is 0.364. The number of ether oxygens (including phenoxy) is 2. The van der Waals surface area contributed by atoms with E-state index in [9.17, 15) is 14.7 Å². The van der Waals surface area contributed by atoms with Crippen LogP contribution in [0.15, 0.2) is 84.0 Å².